The van der Waals surface area contributed by atoms with Gasteiger partial charge in [-0.3, -0.25) is 4.98 Å². The molecular formula is C13H18N2O2. The van der Waals surface area contributed by atoms with Crippen molar-refractivity contribution in [3.63, 3.8) is 0 Å². The molecule has 17 heavy (non-hydrogen) atoms. The number of nitrogens with zero attached hydrogens (tertiary/aromatic N) is 2. The van der Waals surface area contributed by atoms with Crippen molar-refractivity contribution in [1.29, 1.82) is 0 Å². The van der Waals surface area contributed by atoms with Crippen molar-refractivity contribution < 1.29 is 9.90 Å². The fourth-order valence-corrected chi connectivity index (χ4v) is 2.32. The van der Waals surface area contributed by atoms with Crippen LogP contribution in [0.1, 0.15) is 62.4 Å². The van der Waals surface area contributed by atoms with Gasteiger partial charge in [0.2, 0.25) is 0 Å². The van der Waals surface area contributed by atoms with Crippen LogP contribution >= 0.6 is 0 Å². The number of hydrogen-bond donors (Lipinski definition) is 1. The fourth-order valence-electron chi connectivity index (χ4n) is 2.32. The minimum absolute atomic E-state index is 0.0190. The number of fused-ring (bicyclic) bond motifs is 1. The maximum Gasteiger partial charge on any atom is 0.356 e. The van der Waals surface area contributed by atoms with Crippen molar-refractivity contribution >= 4 is 5.97 Å². The summed E-state index contributed by atoms with van der Waals surface area (Å²) in [4.78, 5) is 19.6. The van der Waals surface area contributed by atoms with Gasteiger partial charge in [-0.15, -0.1) is 0 Å². The van der Waals surface area contributed by atoms with E-state index in [1.165, 1.54) is 6.20 Å². The summed E-state index contributed by atoms with van der Waals surface area (Å²) in [5.41, 5.74) is 1.71. The summed E-state index contributed by atoms with van der Waals surface area (Å²) >= 11 is 0. The molecule has 0 saturated carbocycles. The Labute approximate surface area is 101 Å². The highest BCUT2D eigenvalue weighted by atomic mass is 16.4. The Balaban J connectivity index is 2.64. The van der Waals surface area contributed by atoms with E-state index in [2.05, 4.69) is 37.7 Å². The number of hydrogen-bond acceptors (Lipinski definition) is 3. The van der Waals surface area contributed by atoms with E-state index in [0.29, 0.717) is 0 Å². The summed E-state index contributed by atoms with van der Waals surface area (Å²) in [6.07, 6.45) is 3.42. The van der Waals surface area contributed by atoms with Gasteiger partial charge in [0.05, 0.1) is 17.6 Å². The van der Waals surface area contributed by atoms with Crippen molar-refractivity contribution in [2.24, 2.45) is 0 Å². The summed E-state index contributed by atoms with van der Waals surface area (Å²) < 4.78 is 0. The Bertz CT molecular complexity index is 478. The average Bonchev–Trinajstić information content (AvgIpc) is 2.24. The van der Waals surface area contributed by atoms with Gasteiger partial charge in [-0.05, 0) is 12.8 Å². The van der Waals surface area contributed by atoms with E-state index in [1.807, 2.05) is 0 Å². The van der Waals surface area contributed by atoms with Crippen LogP contribution in [0.3, 0.4) is 0 Å². The molecule has 1 heterocycles. The summed E-state index contributed by atoms with van der Waals surface area (Å²) in [7, 11) is 0. The Kier molecular flexibility index (Phi) is 2.49. The van der Waals surface area contributed by atoms with Crippen molar-refractivity contribution in [3.05, 3.63) is 23.3 Å². The molecule has 0 atom stereocenters. The molecule has 2 rings (SSSR count). The minimum Gasteiger partial charge on any atom is -0.476 e. The molecule has 4 heteroatoms. The lowest BCUT2D eigenvalue weighted by molar-refractivity contribution is 0.0688. The van der Waals surface area contributed by atoms with Crippen molar-refractivity contribution in [2.75, 3.05) is 0 Å². The van der Waals surface area contributed by atoms with Crippen LogP contribution < -0.4 is 0 Å². The summed E-state index contributed by atoms with van der Waals surface area (Å²) in [5.74, 6) is -1.01. The van der Waals surface area contributed by atoms with Crippen LogP contribution in [0, 0.1) is 0 Å². The molecule has 1 aliphatic rings. The molecule has 1 N–H and O–H groups in total. The lowest BCUT2D eigenvalue weighted by Crippen LogP contribution is -2.36. The third-order valence-electron chi connectivity index (χ3n) is 3.65. The molecule has 1 aliphatic carbocycles. The molecule has 0 unspecified atom stereocenters. The molecule has 0 spiro atoms. The maximum atomic E-state index is 11.0. The van der Waals surface area contributed by atoms with Gasteiger partial charge in [0.25, 0.3) is 0 Å². The van der Waals surface area contributed by atoms with E-state index in [-0.39, 0.29) is 16.5 Å². The molecule has 0 amide bonds. The van der Waals surface area contributed by atoms with E-state index in [0.717, 1.165) is 24.2 Å². The zero-order valence-electron chi connectivity index (χ0n) is 10.7. The van der Waals surface area contributed by atoms with Crippen molar-refractivity contribution in [2.45, 2.75) is 51.4 Å². The Morgan fingerprint density at radius 2 is 1.71 bits per heavy atom. The lowest BCUT2D eigenvalue weighted by atomic mass is 9.67. The molecule has 0 radical (unpaired) electrons. The van der Waals surface area contributed by atoms with Gasteiger partial charge < -0.3 is 5.11 Å². The molecule has 92 valence electrons. The van der Waals surface area contributed by atoms with Crippen LogP contribution in [0.15, 0.2) is 6.20 Å². The largest absolute Gasteiger partial charge is 0.476 e. The minimum atomic E-state index is -1.01. The molecule has 0 fully saturated rings. The second-order valence-corrected chi connectivity index (χ2v) is 6.03. The highest BCUT2D eigenvalue weighted by molar-refractivity contribution is 5.85. The SMILES string of the molecule is CC1(C)CCC(C)(C)c2nc(C(=O)O)cnc21. The van der Waals surface area contributed by atoms with Gasteiger partial charge >= 0.3 is 5.97 Å². The summed E-state index contributed by atoms with van der Waals surface area (Å²) in [6.45, 7) is 8.47. The first-order valence-electron chi connectivity index (χ1n) is 5.85. The van der Waals surface area contributed by atoms with Crippen LogP contribution in [-0.4, -0.2) is 21.0 Å². The predicted molar refractivity (Wildman–Crippen MR) is 64.3 cm³/mol. The Morgan fingerprint density at radius 3 is 2.24 bits per heavy atom. The van der Waals surface area contributed by atoms with Crippen molar-refractivity contribution in [3.8, 4) is 0 Å². The molecular weight excluding hydrogens is 216 g/mol. The highest BCUT2D eigenvalue weighted by Gasteiger charge is 2.39. The standard InChI is InChI=1S/C13H18N2O2/c1-12(2)5-6-13(3,4)10-9(12)14-7-8(15-10)11(16)17/h7H,5-6H2,1-4H3,(H,16,17). The van der Waals surface area contributed by atoms with Gasteiger partial charge in [0, 0.05) is 10.8 Å². The van der Waals surface area contributed by atoms with Gasteiger partial charge in [-0.25, -0.2) is 9.78 Å². The third-order valence-corrected chi connectivity index (χ3v) is 3.65. The number of aromatic carboxylic acids is 1. The molecule has 1 aromatic heterocycles. The monoisotopic (exact) mass is 234 g/mol. The zero-order valence-corrected chi connectivity index (χ0v) is 10.7. The first-order valence-corrected chi connectivity index (χ1v) is 5.85. The van der Waals surface area contributed by atoms with Crippen LogP contribution in [0.2, 0.25) is 0 Å². The van der Waals surface area contributed by atoms with Crippen LogP contribution in [0.25, 0.3) is 0 Å². The van der Waals surface area contributed by atoms with E-state index < -0.39 is 5.97 Å². The number of carboxylic acids is 1. The average molecular weight is 234 g/mol. The second-order valence-electron chi connectivity index (χ2n) is 6.03. The van der Waals surface area contributed by atoms with E-state index in [1.54, 1.807) is 0 Å². The molecule has 0 bridgehead atoms. The summed E-state index contributed by atoms with van der Waals surface area (Å²) in [5, 5.41) is 8.98. The number of aromatic nitrogens is 2. The number of carbonyl (C=O) groups is 1. The lowest BCUT2D eigenvalue weighted by Gasteiger charge is -2.39. The topological polar surface area (TPSA) is 63.1 Å². The van der Waals surface area contributed by atoms with Gasteiger partial charge in [-0.1, -0.05) is 27.7 Å². The quantitative estimate of drug-likeness (QED) is 0.811. The van der Waals surface area contributed by atoms with E-state index in [4.69, 9.17) is 5.11 Å². The molecule has 0 saturated heterocycles. The highest BCUT2D eigenvalue weighted by Crippen LogP contribution is 2.43. The Morgan fingerprint density at radius 1 is 1.18 bits per heavy atom. The first kappa shape index (κ1) is 12.0. The van der Waals surface area contributed by atoms with Crippen LogP contribution in [0.4, 0.5) is 0 Å². The van der Waals surface area contributed by atoms with Gasteiger partial charge in [0.15, 0.2) is 5.69 Å². The van der Waals surface area contributed by atoms with Crippen LogP contribution in [0.5, 0.6) is 0 Å². The zero-order chi connectivity index (χ0) is 12.8. The number of carboxylic acid groups (broad SMARTS) is 1. The fraction of sp³-hybridized carbons (Fsp3) is 0.615. The molecule has 1 aromatic rings. The second kappa shape index (κ2) is 3.52. The first-order chi connectivity index (χ1) is 7.74. The third kappa shape index (κ3) is 1.92. The van der Waals surface area contributed by atoms with E-state index in [9.17, 15) is 4.79 Å². The van der Waals surface area contributed by atoms with E-state index >= 15 is 0 Å². The molecule has 4 nitrogen and oxygen atoms in total. The van der Waals surface area contributed by atoms with Gasteiger partial charge in [0.1, 0.15) is 0 Å². The molecule has 0 aromatic carbocycles. The van der Waals surface area contributed by atoms with Gasteiger partial charge in [-0.2, -0.15) is 0 Å². The Hall–Kier alpha value is -1.45. The smallest absolute Gasteiger partial charge is 0.356 e. The normalized spacial score (nSPS) is 20.7. The van der Waals surface area contributed by atoms with Crippen molar-refractivity contribution in [1.82, 2.24) is 9.97 Å². The molecule has 0 aliphatic heterocycles. The predicted octanol–water partition coefficient (Wildman–Crippen LogP) is 2.52. The summed E-state index contributed by atoms with van der Waals surface area (Å²) in [6, 6.07) is 0. The van der Waals surface area contributed by atoms with Crippen LogP contribution in [-0.2, 0) is 10.8 Å². The maximum absolute atomic E-state index is 11.0. The number of rotatable bonds is 1.